The number of fused-ring (bicyclic) bond motifs is 1. The first kappa shape index (κ1) is 19.0. The number of rotatable bonds is 4. The van der Waals surface area contributed by atoms with Crippen LogP contribution in [0.2, 0.25) is 0 Å². The van der Waals surface area contributed by atoms with Crippen LogP contribution < -0.4 is 4.90 Å². The Morgan fingerprint density at radius 3 is 2.43 bits per heavy atom. The van der Waals surface area contributed by atoms with Gasteiger partial charge in [-0.05, 0) is 72.4 Å². The third-order valence-electron chi connectivity index (χ3n) is 6.55. The molecule has 0 radical (unpaired) electrons. The number of carbonyl (C=O) groups excluding carboxylic acids is 1. The monoisotopic (exact) mass is 373 g/mol. The number of nitrogens with zero attached hydrogens (tertiary/aromatic N) is 1. The smallest absolute Gasteiger partial charge is 0.224 e. The van der Waals surface area contributed by atoms with Crippen molar-refractivity contribution in [3.8, 4) is 11.1 Å². The van der Waals surface area contributed by atoms with Gasteiger partial charge in [-0.15, -0.1) is 0 Å². The Morgan fingerprint density at radius 1 is 1.14 bits per heavy atom. The van der Waals surface area contributed by atoms with Crippen molar-refractivity contribution >= 4 is 17.7 Å². The minimum absolute atomic E-state index is 0.140. The van der Waals surface area contributed by atoms with Crippen molar-refractivity contribution in [3.63, 3.8) is 0 Å². The van der Waals surface area contributed by atoms with Crippen LogP contribution in [-0.2, 0) is 4.79 Å². The minimum Gasteiger partial charge on any atom is -0.310 e. The Hall–Kier alpha value is -2.35. The third-order valence-corrected chi connectivity index (χ3v) is 6.55. The first-order valence-corrected chi connectivity index (χ1v) is 10.7. The van der Waals surface area contributed by atoms with E-state index in [4.69, 9.17) is 0 Å². The van der Waals surface area contributed by atoms with E-state index in [1.54, 1.807) is 12.5 Å². The summed E-state index contributed by atoms with van der Waals surface area (Å²) in [6, 6.07) is 15.8. The SMILES string of the molecule is CCC(C)C1CC(C)N(C(C)=O)c2ccc(-c3ccc(C=C4CC4)cc3)cc21. The van der Waals surface area contributed by atoms with Crippen molar-refractivity contribution in [2.75, 3.05) is 4.90 Å². The van der Waals surface area contributed by atoms with Gasteiger partial charge in [-0.2, -0.15) is 0 Å². The zero-order chi connectivity index (χ0) is 19.8. The second-order valence-electron chi connectivity index (χ2n) is 8.66. The molecule has 1 aliphatic heterocycles. The molecule has 3 unspecified atom stereocenters. The van der Waals surface area contributed by atoms with E-state index in [1.165, 1.54) is 35.1 Å². The second kappa shape index (κ2) is 7.58. The van der Waals surface area contributed by atoms with Gasteiger partial charge in [0.15, 0.2) is 0 Å². The Bertz CT molecular complexity index is 903. The molecule has 0 spiro atoms. The fraction of sp³-hybridized carbons (Fsp3) is 0.423. The average Bonchev–Trinajstić information content (AvgIpc) is 3.50. The molecule has 2 aromatic rings. The fourth-order valence-corrected chi connectivity index (χ4v) is 4.62. The van der Waals surface area contributed by atoms with Crippen LogP contribution in [-0.4, -0.2) is 11.9 Å². The zero-order valence-corrected chi connectivity index (χ0v) is 17.5. The maximum Gasteiger partial charge on any atom is 0.224 e. The molecule has 1 saturated carbocycles. The molecule has 0 bridgehead atoms. The van der Waals surface area contributed by atoms with E-state index in [0.29, 0.717) is 11.8 Å². The van der Waals surface area contributed by atoms with Crippen LogP contribution in [0.25, 0.3) is 17.2 Å². The molecule has 1 heterocycles. The van der Waals surface area contributed by atoms with Gasteiger partial charge in [-0.1, -0.05) is 62.2 Å². The Morgan fingerprint density at radius 2 is 1.82 bits per heavy atom. The minimum atomic E-state index is 0.140. The van der Waals surface area contributed by atoms with E-state index in [1.807, 2.05) is 4.90 Å². The molecule has 0 saturated heterocycles. The van der Waals surface area contributed by atoms with Gasteiger partial charge in [-0.25, -0.2) is 0 Å². The standard InChI is InChI=1S/C26H31NO/c1-5-17(2)24-14-18(3)27(19(4)28)26-13-12-23(16-25(24)26)22-10-8-21(9-11-22)15-20-6-7-20/h8-13,15-18,24H,5-7,14H2,1-4H3. The third kappa shape index (κ3) is 3.65. The van der Waals surface area contributed by atoms with Gasteiger partial charge in [0.05, 0.1) is 0 Å². The van der Waals surface area contributed by atoms with Gasteiger partial charge in [-0.3, -0.25) is 4.79 Å². The molecule has 1 aliphatic carbocycles. The number of hydrogen-bond acceptors (Lipinski definition) is 1. The summed E-state index contributed by atoms with van der Waals surface area (Å²) in [5.74, 6) is 1.25. The molecule has 3 atom stereocenters. The van der Waals surface area contributed by atoms with Crippen LogP contribution in [0.15, 0.2) is 48.0 Å². The predicted octanol–water partition coefficient (Wildman–Crippen LogP) is 6.81. The van der Waals surface area contributed by atoms with E-state index < -0.39 is 0 Å². The molecule has 28 heavy (non-hydrogen) atoms. The number of amides is 1. The van der Waals surface area contributed by atoms with Gasteiger partial charge in [0, 0.05) is 18.7 Å². The van der Waals surface area contributed by atoms with Gasteiger partial charge < -0.3 is 4.90 Å². The van der Waals surface area contributed by atoms with E-state index in [0.717, 1.165) is 18.5 Å². The van der Waals surface area contributed by atoms with Crippen LogP contribution in [0, 0.1) is 5.92 Å². The number of benzene rings is 2. The molecule has 2 nitrogen and oxygen atoms in total. The lowest BCUT2D eigenvalue weighted by molar-refractivity contribution is -0.117. The summed E-state index contributed by atoms with van der Waals surface area (Å²) in [4.78, 5) is 14.3. The highest BCUT2D eigenvalue weighted by Crippen LogP contribution is 2.44. The number of anilines is 1. The normalized spacial score (nSPS) is 21.9. The van der Waals surface area contributed by atoms with Gasteiger partial charge in [0.1, 0.15) is 0 Å². The largest absolute Gasteiger partial charge is 0.310 e. The Balaban J connectivity index is 1.73. The molecule has 2 heteroatoms. The summed E-state index contributed by atoms with van der Waals surface area (Å²) in [7, 11) is 0. The van der Waals surface area contributed by atoms with Crippen LogP contribution >= 0.6 is 0 Å². The van der Waals surface area contributed by atoms with Crippen molar-refractivity contribution in [2.45, 2.75) is 65.3 Å². The summed E-state index contributed by atoms with van der Waals surface area (Å²) < 4.78 is 0. The molecule has 4 rings (SSSR count). The van der Waals surface area contributed by atoms with E-state index in [2.05, 4.69) is 69.3 Å². The lowest BCUT2D eigenvalue weighted by Crippen LogP contribution is -2.42. The highest BCUT2D eigenvalue weighted by molar-refractivity contribution is 5.94. The molecule has 0 aromatic heterocycles. The van der Waals surface area contributed by atoms with Crippen molar-refractivity contribution < 1.29 is 4.79 Å². The predicted molar refractivity (Wildman–Crippen MR) is 119 cm³/mol. The van der Waals surface area contributed by atoms with Gasteiger partial charge in [0.25, 0.3) is 0 Å². The maximum atomic E-state index is 12.3. The van der Waals surface area contributed by atoms with Crippen molar-refractivity contribution in [1.82, 2.24) is 0 Å². The number of allylic oxidation sites excluding steroid dienone is 1. The average molecular weight is 374 g/mol. The Labute approximate surface area is 169 Å². The molecule has 1 fully saturated rings. The Kier molecular flexibility index (Phi) is 5.14. The van der Waals surface area contributed by atoms with Crippen LogP contribution in [0.1, 0.15) is 70.4 Å². The summed E-state index contributed by atoms with van der Waals surface area (Å²) in [6.07, 6.45) is 7.02. The van der Waals surface area contributed by atoms with E-state index in [-0.39, 0.29) is 11.9 Å². The van der Waals surface area contributed by atoms with E-state index in [9.17, 15) is 4.79 Å². The molecule has 1 amide bonds. The van der Waals surface area contributed by atoms with Gasteiger partial charge >= 0.3 is 0 Å². The van der Waals surface area contributed by atoms with Crippen molar-refractivity contribution in [1.29, 1.82) is 0 Å². The van der Waals surface area contributed by atoms with Crippen LogP contribution in [0.3, 0.4) is 0 Å². The highest BCUT2D eigenvalue weighted by Gasteiger charge is 2.34. The van der Waals surface area contributed by atoms with Crippen molar-refractivity contribution in [2.24, 2.45) is 5.92 Å². The fourth-order valence-electron chi connectivity index (χ4n) is 4.62. The molecular formula is C26H31NO. The molecule has 146 valence electrons. The molecule has 2 aliphatic rings. The molecule has 2 aromatic carbocycles. The number of carbonyl (C=O) groups is 1. The quantitative estimate of drug-likeness (QED) is 0.577. The van der Waals surface area contributed by atoms with Crippen LogP contribution in [0.4, 0.5) is 5.69 Å². The number of hydrogen-bond donors (Lipinski definition) is 0. The second-order valence-corrected chi connectivity index (χ2v) is 8.66. The lowest BCUT2D eigenvalue weighted by atomic mass is 9.76. The highest BCUT2D eigenvalue weighted by atomic mass is 16.2. The summed E-state index contributed by atoms with van der Waals surface area (Å²) in [5, 5.41) is 0. The van der Waals surface area contributed by atoms with E-state index >= 15 is 0 Å². The topological polar surface area (TPSA) is 20.3 Å². The first-order chi connectivity index (χ1) is 13.5. The lowest BCUT2D eigenvalue weighted by Gasteiger charge is -2.41. The maximum absolute atomic E-state index is 12.3. The van der Waals surface area contributed by atoms with Crippen LogP contribution in [0.5, 0.6) is 0 Å². The van der Waals surface area contributed by atoms with Crippen molar-refractivity contribution in [3.05, 3.63) is 59.2 Å². The summed E-state index contributed by atoms with van der Waals surface area (Å²) in [5.41, 5.74) is 7.78. The molecular weight excluding hydrogens is 342 g/mol. The molecule has 0 N–H and O–H groups in total. The summed E-state index contributed by atoms with van der Waals surface area (Å²) >= 11 is 0. The zero-order valence-electron chi connectivity index (χ0n) is 17.5. The van der Waals surface area contributed by atoms with Gasteiger partial charge in [0.2, 0.25) is 5.91 Å². The summed E-state index contributed by atoms with van der Waals surface area (Å²) in [6.45, 7) is 8.48. The first-order valence-electron chi connectivity index (χ1n) is 10.7.